The van der Waals surface area contributed by atoms with E-state index in [1.807, 2.05) is 44.2 Å². The zero-order chi connectivity index (χ0) is 19.8. The second-order valence-corrected chi connectivity index (χ2v) is 7.12. The van der Waals surface area contributed by atoms with Gasteiger partial charge in [0.15, 0.2) is 11.2 Å². The monoisotopic (exact) mass is 392 g/mol. The van der Waals surface area contributed by atoms with Crippen molar-refractivity contribution in [3.8, 4) is 22.5 Å². The maximum absolute atomic E-state index is 12.4. The average Bonchev–Trinajstić information content (AvgIpc) is 2.70. The number of aromatic amines is 1. The highest BCUT2D eigenvalue weighted by molar-refractivity contribution is 6.30. The molecule has 0 aliphatic heterocycles. The molecule has 0 fully saturated rings. The van der Waals surface area contributed by atoms with Gasteiger partial charge in [0.1, 0.15) is 5.02 Å². The predicted molar refractivity (Wildman–Crippen MR) is 111 cm³/mol. The lowest BCUT2D eigenvalue weighted by Gasteiger charge is -2.15. The molecule has 140 valence electrons. The van der Waals surface area contributed by atoms with Crippen molar-refractivity contribution >= 4 is 22.8 Å². The van der Waals surface area contributed by atoms with E-state index in [2.05, 4.69) is 15.0 Å². The van der Waals surface area contributed by atoms with E-state index in [-0.39, 0.29) is 27.6 Å². The van der Waals surface area contributed by atoms with Gasteiger partial charge >= 0.3 is 0 Å². The van der Waals surface area contributed by atoms with Gasteiger partial charge in [0.25, 0.3) is 5.56 Å². The zero-order valence-corrected chi connectivity index (χ0v) is 16.1. The maximum atomic E-state index is 12.4. The largest absolute Gasteiger partial charge is 0.345 e. The summed E-state index contributed by atoms with van der Waals surface area (Å²) in [6.45, 7) is 3.80. The molecule has 0 bridgehead atoms. The van der Waals surface area contributed by atoms with E-state index in [0.29, 0.717) is 22.6 Å². The molecule has 0 aliphatic rings. The Balaban J connectivity index is 2.10. The number of fused-ring (bicyclic) bond motifs is 1. The predicted octanol–water partition coefficient (Wildman–Crippen LogP) is 4.05. The van der Waals surface area contributed by atoms with E-state index in [4.69, 9.17) is 11.6 Å². The second kappa shape index (κ2) is 7.05. The summed E-state index contributed by atoms with van der Waals surface area (Å²) in [7, 11) is 0. The third kappa shape index (κ3) is 3.12. The molecule has 0 unspecified atom stereocenters. The summed E-state index contributed by atoms with van der Waals surface area (Å²) in [5.74, 6) is 0. The van der Waals surface area contributed by atoms with E-state index in [1.54, 1.807) is 23.0 Å². The number of hydrogen-bond donors (Lipinski definition) is 1. The number of nitrogens with one attached hydrogen (secondary N) is 1. The van der Waals surface area contributed by atoms with Crippen LogP contribution in [-0.4, -0.2) is 19.5 Å². The molecule has 0 saturated heterocycles. The summed E-state index contributed by atoms with van der Waals surface area (Å²) in [6.07, 6.45) is 3.25. The van der Waals surface area contributed by atoms with E-state index in [0.717, 1.165) is 5.56 Å². The fourth-order valence-corrected chi connectivity index (χ4v) is 3.28. The van der Waals surface area contributed by atoms with Crippen LogP contribution >= 0.6 is 11.6 Å². The van der Waals surface area contributed by atoms with E-state index in [1.165, 1.54) is 6.07 Å². The van der Waals surface area contributed by atoms with Gasteiger partial charge in [0.05, 0.1) is 11.4 Å². The fourth-order valence-electron chi connectivity index (χ4n) is 3.06. The van der Waals surface area contributed by atoms with Crippen molar-refractivity contribution in [2.24, 2.45) is 0 Å². The quantitative estimate of drug-likeness (QED) is 0.570. The second-order valence-electron chi connectivity index (χ2n) is 6.71. The Bertz CT molecular complexity index is 1290. The Morgan fingerprint density at radius 2 is 1.71 bits per heavy atom. The lowest BCUT2D eigenvalue weighted by molar-refractivity contribution is 0.579. The molecule has 4 aromatic rings. The molecule has 0 radical (unpaired) electrons. The summed E-state index contributed by atoms with van der Waals surface area (Å²) in [4.78, 5) is 36.9. The highest BCUT2D eigenvalue weighted by Crippen LogP contribution is 2.30. The molecule has 6 nitrogen and oxygen atoms in total. The standard InChI is InChI=1S/C21H17ClN4O2/c1-12(2)26-11-14(10-15(22)21(26)28)18-17(13-6-4-3-5-7-13)25-20-19(24-18)16(27)8-9-23-20/h3-12H,1-2H3,(H,23,25,27). The van der Waals surface area contributed by atoms with Crippen LogP contribution in [0.5, 0.6) is 0 Å². The number of aromatic nitrogens is 4. The van der Waals surface area contributed by atoms with Crippen molar-refractivity contribution in [1.29, 1.82) is 0 Å². The first-order valence-electron chi connectivity index (χ1n) is 8.82. The van der Waals surface area contributed by atoms with Gasteiger partial charge in [-0.3, -0.25) is 9.59 Å². The first kappa shape index (κ1) is 18.1. The van der Waals surface area contributed by atoms with Crippen LogP contribution in [0.3, 0.4) is 0 Å². The Labute approximate surface area is 165 Å². The van der Waals surface area contributed by atoms with Crippen molar-refractivity contribution in [1.82, 2.24) is 19.5 Å². The van der Waals surface area contributed by atoms with Gasteiger partial charge in [-0.25, -0.2) is 9.97 Å². The van der Waals surface area contributed by atoms with Crippen LogP contribution in [-0.2, 0) is 0 Å². The fraction of sp³-hybridized carbons (Fsp3) is 0.143. The van der Waals surface area contributed by atoms with Gasteiger partial charge in [-0.15, -0.1) is 0 Å². The lowest BCUT2D eigenvalue weighted by Crippen LogP contribution is -2.22. The van der Waals surface area contributed by atoms with Crippen LogP contribution in [0.1, 0.15) is 19.9 Å². The van der Waals surface area contributed by atoms with Crippen molar-refractivity contribution in [3.05, 3.63) is 80.5 Å². The highest BCUT2D eigenvalue weighted by Gasteiger charge is 2.17. The molecule has 0 aliphatic carbocycles. The first-order valence-corrected chi connectivity index (χ1v) is 9.20. The molecule has 0 amide bonds. The third-order valence-electron chi connectivity index (χ3n) is 4.46. The minimum Gasteiger partial charge on any atom is -0.345 e. The van der Waals surface area contributed by atoms with Gasteiger partial charge in [-0.2, -0.15) is 0 Å². The van der Waals surface area contributed by atoms with Crippen molar-refractivity contribution in [2.75, 3.05) is 0 Å². The summed E-state index contributed by atoms with van der Waals surface area (Å²) < 4.78 is 1.55. The smallest absolute Gasteiger partial charge is 0.269 e. The molecule has 4 rings (SSSR count). The minimum atomic E-state index is -0.270. The highest BCUT2D eigenvalue weighted by atomic mass is 35.5. The van der Waals surface area contributed by atoms with Crippen LogP contribution in [0.15, 0.2) is 64.4 Å². The normalized spacial score (nSPS) is 11.3. The van der Waals surface area contributed by atoms with Gasteiger partial charge in [0.2, 0.25) is 5.43 Å². The van der Waals surface area contributed by atoms with Crippen molar-refractivity contribution < 1.29 is 0 Å². The number of H-pyrrole nitrogens is 1. The molecular formula is C21H17ClN4O2. The summed E-state index contributed by atoms with van der Waals surface area (Å²) in [5, 5.41) is 0.0917. The molecule has 28 heavy (non-hydrogen) atoms. The van der Waals surface area contributed by atoms with Crippen LogP contribution in [0, 0.1) is 0 Å². The van der Waals surface area contributed by atoms with Gasteiger partial charge in [0, 0.05) is 35.6 Å². The maximum Gasteiger partial charge on any atom is 0.269 e. The Hall–Kier alpha value is -3.25. The Kier molecular flexibility index (Phi) is 4.57. The van der Waals surface area contributed by atoms with Gasteiger partial charge < -0.3 is 9.55 Å². The molecule has 1 aromatic carbocycles. The van der Waals surface area contributed by atoms with Gasteiger partial charge in [-0.1, -0.05) is 41.9 Å². The van der Waals surface area contributed by atoms with Crippen molar-refractivity contribution in [2.45, 2.75) is 19.9 Å². The first-order chi connectivity index (χ1) is 13.5. The Morgan fingerprint density at radius 3 is 2.43 bits per heavy atom. The minimum absolute atomic E-state index is 0.0815. The number of halogens is 1. The average molecular weight is 393 g/mol. The summed E-state index contributed by atoms with van der Waals surface area (Å²) >= 11 is 6.21. The molecular weight excluding hydrogens is 376 g/mol. The number of rotatable bonds is 3. The van der Waals surface area contributed by atoms with Crippen molar-refractivity contribution in [3.63, 3.8) is 0 Å². The molecule has 7 heteroatoms. The molecule has 0 spiro atoms. The number of hydrogen-bond acceptors (Lipinski definition) is 4. The lowest BCUT2D eigenvalue weighted by atomic mass is 10.0. The molecule has 1 N–H and O–H groups in total. The van der Waals surface area contributed by atoms with Crippen LogP contribution in [0.4, 0.5) is 0 Å². The van der Waals surface area contributed by atoms with Crippen LogP contribution in [0.25, 0.3) is 33.7 Å². The van der Waals surface area contributed by atoms with E-state index >= 15 is 0 Å². The van der Waals surface area contributed by atoms with Gasteiger partial charge in [-0.05, 0) is 19.9 Å². The SMILES string of the molecule is CC(C)n1cc(-c2nc3c(=O)cc[nH]c3nc2-c2ccccc2)cc(Cl)c1=O. The van der Waals surface area contributed by atoms with Crippen LogP contribution in [0.2, 0.25) is 5.02 Å². The molecule has 0 saturated carbocycles. The topological polar surface area (TPSA) is 80.6 Å². The van der Waals surface area contributed by atoms with E-state index < -0.39 is 0 Å². The molecule has 0 atom stereocenters. The zero-order valence-electron chi connectivity index (χ0n) is 15.3. The third-order valence-corrected chi connectivity index (χ3v) is 4.73. The Morgan fingerprint density at radius 1 is 1.00 bits per heavy atom. The van der Waals surface area contributed by atoms with Crippen LogP contribution < -0.4 is 11.0 Å². The number of nitrogens with zero attached hydrogens (tertiary/aromatic N) is 3. The summed E-state index contributed by atoms with van der Waals surface area (Å²) in [6, 6.07) is 12.5. The number of benzene rings is 1. The number of pyridine rings is 2. The molecule has 3 heterocycles. The molecule has 3 aromatic heterocycles. The van der Waals surface area contributed by atoms with E-state index in [9.17, 15) is 9.59 Å². The summed E-state index contributed by atoms with van der Waals surface area (Å²) in [5.41, 5.74) is 2.68.